The minimum absolute atomic E-state index is 0.109. The standard InChI is InChI=1S/C11H17ClN6S/c1-11(2,3)10-9(19-17-16-10)7(15-13)8-6(12)5-14-18(8)4/h5,7,15H,13H2,1-4H3. The topological polar surface area (TPSA) is 81.7 Å². The van der Waals surface area contributed by atoms with E-state index in [-0.39, 0.29) is 11.5 Å². The van der Waals surface area contributed by atoms with Crippen LogP contribution in [-0.4, -0.2) is 19.4 Å². The molecule has 0 bridgehead atoms. The van der Waals surface area contributed by atoms with Crippen LogP contribution in [0.5, 0.6) is 0 Å². The Morgan fingerprint density at radius 1 is 1.47 bits per heavy atom. The van der Waals surface area contributed by atoms with Gasteiger partial charge in [0.05, 0.1) is 27.5 Å². The van der Waals surface area contributed by atoms with Crippen LogP contribution < -0.4 is 11.3 Å². The Labute approximate surface area is 121 Å². The van der Waals surface area contributed by atoms with Crippen molar-refractivity contribution in [2.45, 2.75) is 32.2 Å². The summed E-state index contributed by atoms with van der Waals surface area (Å²) in [6.07, 6.45) is 1.60. The third kappa shape index (κ3) is 2.64. The van der Waals surface area contributed by atoms with Crippen LogP contribution in [0.2, 0.25) is 5.02 Å². The van der Waals surface area contributed by atoms with Crippen LogP contribution in [0.4, 0.5) is 0 Å². The molecule has 0 aliphatic rings. The van der Waals surface area contributed by atoms with Crippen molar-refractivity contribution in [1.82, 2.24) is 24.8 Å². The van der Waals surface area contributed by atoms with Crippen molar-refractivity contribution in [3.05, 3.63) is 27.5 Å². The van der Waals surface area contributed by atoms with Gasteiger partial charge < -0.3 is 0 Å². The van der Waals surface area contributed by atoms with Gasteiger partial charge in [0, 0.05) is 12.5 Å². The third-order valence-corrected chi connectivity index (χ3v) is 3.94. The number of nitrogens with one attached hydrogen (secondary N) is 1. The number of aryl methyl sites for hydroxylation is 1. The Morgan fingerprint density at radius 3 is 2.63 bits per heavy atom. The first kappa shape index (κ1) is 14.4. The van der Waals surface area contributed by atoms with Crippen molar-refractivity contribution in [3.63, 3.8) is 0 Å². The lowest BCUT2D eigenvalue weighted by Crippen LogP contribution is -2.32. The molecule has 0 fully saturated rings. The predicted octanol–water partition coefficient (Wildman–Crippen LogP) is 1.78. The average molecular weight is 301 g/mol. The van der Waals surface area contributed by atoms with Gasteiger partial charge in [-0.25, -0.2) is 5.43 Å². The number of rotatable bonds is 3. The highest BCUT2D eigenvalue weighted by Crippen LogP contribution is 2.35. The number of hydrazine groups is 1. The maximum atomic E-state index is 6.19. The molecule has 0 aliphatic heterocycles. The first-order chi connectivity index (χ1) is 8.86. The quantitative estimate of drug-likeness (QED) is 0.667. The first-order valence-electron chi connectivity index (χ1n) is 5.82. The molecule has 3 N–H and O–H groups in total. The van der Waals surface area contributed by atoms with Gasteiger partial charge in [-0.1, -0.05) is 36.9 Å². The highest BCUT2D eigenvalue weighted by Gasteiger charge is 2.30. The number of nitrogens with two attached hydrogens (primary N) is 1. The summed E-state index contributed by atoms with van der Waals surface area (Å²) < 4.78 is 5.76. The number of nitrogens with zero attached hydrogens (tertiary/aromatic N) is 4. The van der Waals surface area contributed by atoms with Crippen LogP contribution >= 0.6 is 23.1 Å². The van der Waals surface area contributed by atoms with Gasteiger partial charge in [-0.15, -0.1) is 5.10 Å². The van der Waals surface area contributed by atoms with Gasteiger partial charge in [0.25, 0.3) is 0 Å². The normalized spacial score (nSPS) is 13.8. The van der Waals surface area contributed by atoms with Gasteiger partial charge in [-0.05, 0) is 11.5 Å². The van der Waals surface area contributed by atoms with Gasteiger partial charge in [-0.2, -0.15) is 5.10 Å². The van der Waals surface area contributed by atoms with Gasteiger partial charge in [0.15, 0.2) is 0 Å². The Balaban J connectivity index is 2.53. The summed E-state index contributed by atoms with van der Waals surface area (Å²) in [6.45, 7) is 6.27. The summed E-state index contributed by atoms with van der Waals surface area (Å²) >= 11 is 7.51. The van der Waals surface area contributed by atoms with Gasteiger partial charge in [0.2, 0.25) is 0 Å². The molecule has 0 radical (unpaired) electrons. The number of hydrogen-bond acceptors (Lipinski definition) is 6. The van der Waals surface area contributed by atoms with Gasteiger partial charge in [-0.3, -0.25) is 10.5 Å². The second kappa shape index (κ2) is 5.16. The molecular weight excluding hydrogens is 284 g/mol. The van der Waals surface area contributed by atoms with Crippen LogP contribution in [0, 0.1) is 0 Å². The number of halogens is 1. The van der Waals surface area contributed by atoms with E-state index >= 15 is 0 Å². The fourth-order valence-corrected chi connectivity index (χ4v) is 3.13. The molecule has 2 aromatic heterocycles. The second-order valence-electron chi connectivity index (χ2n) is 5.34. The lowest BCUT2D eigenvalue weighted by Gasteiger charge is -2.21. The van der Waals surface area contributed by atoms with E-state index in [4.69, 9.17) is 17.4 Å². The SMILES string of the molecule is Cn1ncc(Cl)c1C(NN)c1snnc1C(C)(C)C. The number of aromatic nitrogens is 4. The summed E-state index contributed by atoms with van der Waals surface area (Å²) in [6, 6.07) is -0.269. The zero-order chi connectivity index (χ0) is 14.2. The van der Waals surface area contributed by atoms with Crippen LogP contribution in [-0.2, 0) is 12.5 Å². The summed E-state index contributed by atoms with van der Waals surface area (Å²) in [5.41, 5.74) is 4.40. The van der Waals surface area contributed by atoms with Crippen molar-refractivity contribution in [2.24, 2.45) is 12.9 Å². The van der Waals surface area contributed by atoms with E-state index in [0.717, 1.165) is 16.3 Å². The van der Waals surface area contributed by atoms with Crippen molar-refractivity contribution in [3.8, 4) is 0 Å². The van der Waals surface area contributed by atoms with E-state index in [1.807, 2.05) is 7.05 Å². The van der Waals surface area contributed by atoms with E-state index in [9.17, 15) is 0 Å². The molecule has 0 saturated heterocycles. The van der Waals surface area contributed by atoms with E-state index < -0.39 is 0 Å². The highest BCUT2D eigenvalue weighted by atomic mass is 35.5. The third-order valence-electron chi connectivity index (χ3n) is 2.86. The minimum Gasteiger partial charge on any atom is -0.270 e. The molecule has 2 aromatic rings. The van der Waals surface area contributed by atoms with Crippen LogP contribution in [0.1, 0.15) is 43.1 Å². The highest BCUT2D eigenvalue weighted by molar-refractivity contribution is 7.05. The zero-order valence-electron chi connectivity index (χ0n) is 11.3. The van der Waals surface area contributed by atoms with Gasteiger partial charge in [0.1, 0.15) is 6.04 Å². The predicted molar refractivity (Wildman–Crippen MR) is 76.0 cm³/mol. The van der Waals surface area contributed by atoms with Crippen LogP contribution in [0.3, 0.4) is 0 Å². The molecule has 104 valence electrons. The van der Waals surface area contributed by atoms with E-state index in [1.165, 1.54) is 11.5 Å². The Hall–Kier alpha value is -1.02. The Kier molecular flexibility index (Phi) is 3.91. The van der Waals surface area contributed by atoms with Crippen LogP contribution in [0.25, 0.3) is 0 Å². The maximum Gasteiger partial charge on any atom is 0.102 e. The average Bonchev–Trinajstić information content (AvgIpc) is 2.91. The molecule has 0 spiro atoms. The van der Waals surface area contributed by atoms with E-state index in [0.29, 0.717) is 5.02 Å². The van der Waals surface area contributed by atoms with Crippen LogP contribution in [0.15, 0.2) is 6.20 Å². The van der Waals surface area contributed by atoms with Crippen molar-refractivity contribution < 1.29 is 0 Å². The van der Waals surface area contributed by atoms with Gasteiger partial charge >= 0.3 is 0 Å². The molecule has 1 unspecified atom stereocenters. The smallest absolute Gasteiger partial charge is 0.102 e. The lowest BCUT2D eigenvalue weighted by molar-refractivity contribution is 0.530. The molecule has 1 atom stereocenters. The van der Waals surface area contributed by atoms with E-state index in [1.54, 1.807) is 10.9 Å². The fourth-order valence-electron chi connectivity index (χ4n) is 1.93. The second-order valence-corrected chi connectivity index (χ2v) is 6.53. The molecular formula is C11H17ClN6S. The molecule has 19 heavy (non-hydrogen) atoms. The molecule has 6 nitrogen and oxygen atoms in total. The fraction of sp³-hybridized carbons (Fsp3) is 0.545. The largest absolute Gasteiger partial charge is 0.270 e. The molecule has 8 heteroatoms. The molecule has 0 amide bonds. The van der Waals surface area contributed by atoms with Crippen molar-refractivity contribution in [2.75, 3.05) is 0 Å². The van der Waals surface area contributed by atoms with Crippen molar-refractivity contribution >= 4 is 23.1 Å². The molecule has 2 rings (SSSR count). The monoisotopic (exact) mass is 300 g/mol. The summed E-state index contributed by atoms with van der Waals surface area (Å²) in [5, 5.41) is 8.93. The minimum atomic E-state index is -0.269. The summed E-state index contributed by atoms with van der Waals surface area (Å²) in [7, 11) is 1.83. The molecule has 0 saturated carbocycles. The summed E-state index contributed by atoms with van der Waals surface area (Å²) in [4.78, 5) is 0.959. The molecule has 2 heterocycles. The summed E-state index contributed by atoms with van der Waals surface area (Å²) in [5.74, 6) is 5.71. The molecule has 0 aliphatic carbocycles. The van der Waals surface area contributed by atoms with E-state index in [2.05, 4.69) is 40.9 Å². The Morgan fingerprint density at radius 2 is 2.16 bits per heavy atom. The maximum absolute atomic E-state index is 6.19. The Bertz CT molecular complexity index is 550. The zero-order valence-corrected chi connectivity index (χ0v) is 12.9. The lowest BCUT2D eigenvalue weighted by atomic mass is 9.89. The number of hydrogen-bond donors (Lipinski definition) is 2. The molecule has 0 aromatic carbocycles. The first-order valence-corrected chi connectivity index (χ1v) is 6.97. The van der Waals surface area contributed by atoms with Crippen molar-refractivity contribution in [1.29, 1.82) is 0 Å².